The number of nitrogens with one attached hydrogen (secondary N) is 1. The monoisotopic (exact) mass is 375 g/mol. The lowest BCUT2D eigenvalue weighted by Crippen LogP contribution is -2.36. The third-order valence-corrected chi connectivity index (χ3v) is 5.13. The van der Waals surface area contributed by atoms with Gasteiger partial charge in [-0.1, -0.05) is 38.0 Å². The average Bonchev–Trinajstić information content (AvgIpc) is 3.16. The van der Waals surface area contributed by atoms with E-state index < -0.39 is 12.0 Å². The quantitative estimate of drug-likeness (QED) is 0.490. The van der Waals surface area contributed by atoms with Crippen LogP contribution in [0.25, 0.3) is 0 Å². The van der Waals surface area contributed by atoms with E-state index in [1.54, 1.807) is 11.3 Å². The second-order valence-corrected chi connectivity index (χ2v) is 7.49. The van der Waals surface area contributed by atoms with Crippen LogP contribution in [-0.2, 0) is 17.8 Å². The molecule has 0 amide bonds. The van der Waals surface area contributed by atoms with Gasteiger partial charge in [0.05, 0.1) is 0 Å². The summed E-state index contributed by atoms with van der Waals surface area (Å²) in [5, 5.41) is 14.3. The van der Waals surface area contributed by atoms with Gasteiger partial charge >= 0.3 is 5.97 Å². The lowest BCUT2D eigenvalue weighted by atomic mass is 10.0. The van der Waals surface area contributed by atoms with Crippen molar-refractivity contribution in [2.24, 2.45) is 0 Å². The number of benzene rings is 1. The molecule has 1 aromatic carbocycles. The summed E-state index contributed by atoms with van der Waals surface area (Å²) in [5.74, 6) is 0.157. The molecule has 2 aromatic rings. The Morgan fingerprint density at radius 2 is 2.00 bits per heavy atom. The van der Waals surface area contributed by atoms with Gasteiger partial charge in [-0.05, 0) is 61.4 Å². The maximum Gasteiger partial charge on any atom is 0.320 e. The predicted molar refractivity (Wildman–Crippen MR) is 107 cm³/mol. The van der Waals surface area contributed by atoms with Gasteiger partial charge in [0.15, 0.2) is 0 Å². The highest BCUT2D eigenvalue weighted by molar-refractivity contribution is 7.09. The fourth-order valence-corrected chi connectivity index (χ4v) is 3.40. The smallest absolute Gasteiger partial charge is 0.320 e. The van der Waals surface area contributed by atoms with E-state index >= 15 is 0 Å². The molecule has 0 saturated carbocycles. The molecule has 2 N–H and O–H groups in total. The minimum Gasteiger partial charge on any atom is -0.488 e. The number of carboxylic acid groups (broad SMARTS) is 1. The Balaban J connectivity index is 1.62. The van der Waals surface area contributed by atoms with Crippen LogP contribution >= 0.6 is 11.3 Å². The van der Waals surface area contributed by atoms with Gasteiger partial charge < -0.3 is 15.2 Å². The van der Waals surface area contributed by atoms with Crippen LogP contribution in [0.4, 0.5) is 0 Å². The van der Waals surface area contributed by atoms with Crippen LogP contribution in [0.3, 0.4) is 0 Å². The van der Waals surface area contributed by atoms with Gasteiger partial charge in [-0.2, -0.15) is 0 Å². The Labute approximate surface area is 160 Å². The largest absolute Gasteiger partial charge is 0.488 e. The van der Waals surface area contributed by atoms with Gasteiger partial charge in [0, 0.05) is 4.88 Å². The van der Waals surface area contributed by atoms with E-state index in [2.05, 4.69) is 28.9 Å². The van der Waals surface area contributed by atoms with Crippen LogP contribution in [0.15, 0.2) is 41.8 Å². The first-order valence-corrected chi connectivity index (χ1v) is 10.3. The van der Waals surface area contributed by atoms with Crippen molar-refractivity contribution in [2.75, 3.05) is 6.54 Å². The molecule has 0 saturated heterocycles. The van der Waals surface area contributed by atoms with E-state index in [1.165, 1.54) is 10.4 Å². The molecule has 1 aromatic heterocycles. The molecule has 142 valence electrons. The number of unbranched alkanes of at least 4 members (excludes halogenated alkanes) is 2. The number of aryl methyl sites for hydroxylation is 1. The van der Waals surface area contributed by atoms with Crippen molar-refractivity contribution in [1.82, 2.24) is 5.32 Å². The molecule has 0 fully saturated rings. The summed E-state index contributed by atoms with van der Waals surface area (Å²) in [6, 6.07) is 12.0. The molecule has 0 radical (unpaired) electrons. The SMILES string of the molecule is CCCNC(CCCCCc1ccc(OCc2cccs2)cc1)C(=O)O. The van der Waals surface area contributed by atoms with Crippen molar-refractivity contribution in [3.63, 3.8) is 0 Å². The number of ether oxygens (including phenoxy) is 1. The molecule has 1 unspecified atom stereocenters. The molecule has 5 heteroatoms. The zero-order valence-corrected chi connectivity index (χ0v) is 16.3. The molecule has 1 atom stereocenters. The minimum absolute atomic E-state index is 0.408. The standard InChI is InChI=1S/C21H29NO3S/c1-2-14-22-20(21(23)24)9-5-3-4-7-17-10-12-18(13-11-17)25-16-19-8-6-15-26-19/h6,8,10-13,15,20,22H,2-5,7,9,14,16H2,1H3,(H,23,24). The molecule has 0 aliphatic rings. The van der Waals surface area contributed by atoms with Gasteiger partial charge in [-0.25, -0.2) is 0 Å². The number of aliphatic carboxylic acids is 1. The third-order valence-electron chi connectivity index (χ3n) is 4.28. The van der Waals surface area contributed by atoms with Gasteiger partial charge in [0.1, 0.15) is 18.4 Å². The highest BCUT2D eigenvalue weighted by Crippen LogP contribution is 2.17. The van der Waals surface area contributed by atoms with Gasteiger partial charge in [0.25, 0.3) is 0 Å². The first-order chi connectivity index (χ1) is 12.7. The molecule has 0 aliphatic heterocycles. The summed E-state index contributed by atoms with van der Waals surface area (Å²) >= 11 is 1.70. The summed E-state index contributed by atoms with van der Waals surface area (Å²) in [4.78, 5) is 12.4. The average molecular weight is 376 g/mol. The van der Waals surface area contributed by atoms with Crippen molar-refractivity contribution in [1.29, 1.82) is 0 Å². The zero-order valence-electron chi connectivity index (χ0n) is 15.4. The van der Waals surface area contributed by atoms with Crippen molar-refractivity contribution in [3.8, 4) is 5.75 Å². The second-order valence-electron chi connectivity index (χ2n) is 6.46. The normalized spacial score (nSPS) is 12.0. The Bertz CT molecular complexity index is 625. The zero-order chi connectivity index (χ0) is 18.6. The molecule has 0 bridgehead atoms. The van der Waals surface area contributed by atoms with Crippen LogP contribution < -0.4 is 10.1 Å². The molecule has 0 spiro atoms. The highest BCUT2D eigenvalue weighted by Gasteiger charge is 2.15. The fraction of sp³-hybridized carbons (Fsp3) is 0.476. The molecule has 0 aliphatic carbocycles. The van der Waals surface area contributed by atoms with Crippen molar-refractivity contribution < 1.29 is 14.6 Å². The third kappa shape index (κ3) is 7.58. The van der Waals surface area contributed by atoms with Crippen LogP contribution in [0.1, 0.15) is 49.5 Å². The summed E-state index contributed by atoms with van der Waals surface area (Å²) in [6.45, 7) is 3.43. The van der Waals surface area contributed by atoms with E-state index in [0.29, 0.717) is 13.0 Å². The van der Waals surface area contributed by atoms with Crippen LogP contribution in [0.5, 0.6) is 5.75 Å². The van der Waals surface area contributed by atoms with Gasteiger partial charge in [-0.3, -0.25) is 4.79 Å². The van der Waals surface area contributed by atoms with E-state index in [9.17, 15) is 9.90 Å². The fourth-order valence-electron chi connectivity index (χ4n) is 2.79. The van der Waals surface area contributed by atoms with Crippen LogP contribution in [0.2, 0.25) is 0 Å². The van der Waals surface area contributed by atoms with Crippen molar-refractivity contribution in [3.05, 3.63) is 52.2 Å². The number of carboxylic acids is 1. The predicted octanol–water partition coefficient (Wildman–Crippen LogP) is 4.88. The van der Waals surface area contributed by atoms with E-state index in [1.807, 2.05) is 25.1 Å². The van der Waals surface area contributed by atoms with Crippen molar-refractivity contribution >= 4 is 17.3 Å². The number of carbonyl (C=O) groups is 1. The molecule has 4 nitrogen and oxygen atoms in total. The Morgan fingerprint density at radius 1 is 1.19 bits per heavy atom. The topological polar surface area (TPSA) is 58.6 Å². The van der Waals surface area contributed by atoms with E-state index in [4.69, 9.17) is 4.74 Å². The number of rotatable bonds is 13. The van der Waals surface area contributed by atoms with Crippen LogP contribution in [-0.4, -0.2) is 23.7 Å². The summed E-state index contributed by atoms with van der Waals surface area (Å²) < 4.78 is 5.78. The summed E-state index contributed by atoms with van der Waals surface area (Å²) in [7, 11) is 0. The van der Waals surface area contributed by atoms with E-state index in [0.717, 1.165) is 44.4 Å². The highest BCUT2D eigenvalue weighted by atomic mass is 32.1. The maximum atomic E-state index is 11.2. The number of hydrogen-bond acceptors (Lipinski definition) is 4. The Kier molecular flexibility index (Phi) is 9.21. The number of hydrogen-bond donors (Lipinski definition) is 2. The number of thiophene rings is 1. The molecule has 1 heterocycles. The second kappa shape index (κ2) is 11.7. The first-order valence-electron chi connectivity index (χ1n) is 9.39. The van der Waals surface area contributed by atoms with Crippen LogP contribution in [0, 0.1) is 0 Å². The molecule has 2 rings (SSSR count). The summed E-state index contributed by atoms with van der Waals surface area (Å²) in [6.07, 6.45) is 5.74. The first kappa shape index (κ1) is 20.5. The lowest BCUT2D eigenvalue weighted by molar-refractivity contribution is -0.139. The van der Waals surface area contributed by atoms with Gasteiger partial charge in [0.2, 0.25) is 0 Å². The minimum atomic E-state index is -0.739. The maximum absolute atomic E-state index is 11.2. The molecule has 26 heavy (non-hydrogen) atoms. The Hall–Kier alpha value is -1.85. The Morgan fingerprint density at radius 3 is 2.65 bits per heavy atom. The van der Waals surface area contributed by atoms with E-state index in [-0.39, 0.29) is 0 Å². The van der Waals surface area contributed by atoms with Gasteiger partial charge in [-0.15, -0.1) is 11.3 Å². The summed E-state index contributed by atoms with van der Waals surface area (Å²) in [5.41, 5.74) is 1.30. The lowest BCUT2D eigenvalue weighted by Gasteiger charge is -2.13. The van der Waals surface area contributed by atoms with Crippen molar-refractivity contribution in [2.45, 2.75) is 58.1 Å². The molecular formula is C21H29NO3S. The molecular weight excluding hydrogens is 346 g/mol.